The molecule has 1 aliphatic heterocycles. The lowest BCUT2D eigenvalue weighted by atomic mass is 10.1. The zero-order valence-corrected chi connectivity index (χ0v) is 15.4. The number of nitrogens with one attached hydrogen (secondary N) is 2. The summed E-state index contributed by atoms with van der Waals surface area (Å²) in [6, 6.07) is 6.20. The average molecular weight is 389 g/mol. The van der Waals surface area contributed by atoms with Crippen molar-refractivity contribution in [3.63, 3.8) is 0 Å². The highest BCUT2D eigenvalue weighted by Gasteiger charge is 2.26. The first-order chi connectivity index (χ1) is 13.0. The van der Waals surface area contributed by atoms with E-state index in [1.165, 1.54) is 16.2 Å². The molecule has 0 aliphatic carbocycles. The molecule has 1 aliphatic rings. The average Bonchev–Trinajstić information content (AvgIpc) is 3.33. The molecule has 1 aromatic carbocycles. The van der Waals surface area contributed by atoms with Crippen LogP contribution in [0.25, 0.3) is 0 Å². The third kappa shape index (κ3) is 4.09. The molecule has 0 saturated carbocycles. The Morgan fingerprint density at radius 3 is 2.78 bits per heavy atom. The quantitative estimate of drug-likeness (QED) is 0.676. The Labute approximate surface area is 159 Å². The Hall–Kier alpha value is -2.91. The van der Waals surface area contributed by atoms with Crippen molar-refractivity contribution in [2.45, 2.75) is 13.0 Å². The minimum absolute atomic E-state index is 0.308. The molecule has 0 radical (unpaired) electrons. The molecule has 2 aromatic rings. The van der Waals surface area contributed by atoms with E-state index in [1.807, 2.05) is 5.38 Å². The SMILES string of the molecule is Cc1c(NC(=O)C(=O)NC(CO)c2ccsc2)cccc1N1CCOC1=O. The maximum Gasteiger partial charge on any atom is 0.414 e. The van der Waals surface area contributed by atoms with Crippen LogP contribution in [0.5, 0.6) is 0 Å². The van der Waals surface area contributed by atoms with E-state index in [0.717, 1.165) is 5.56 Å². The molecule has 2 heterocycles. The van der Waals surface area contributed by atoms with Gasteiger partial charge in [0, 0.05) is 5.69 Å². The molecular weight excluding hydrogens is 370 g/mol. The Morgan fingerprint density at radius 2 is 2.15 bits per heavy atom. The first-order valence-corrected chi connectivity index (χ1v) is 9.24. The number of hydrogen-bond donors (Lipinski definition) is 3. The van der Waals surface area contributed by atoms with Crippen LogP contribution in [0.15, 0.2) is 35.0 Å². The fourth-order valence-corrected chi connectivity index (χ4v) is 3.49. The normalized spacial score (nSPS) is 14.6. The van der Waals surface area contributed by atoms with Crippen molar-refractivity contribution in [1.82, 2.24) is 5.32 Å². The zero-order valence-electron chi connectivity index (χ0n) is 14.6. The highest BCUT2D eigenvalue weighted by Crippen LogP contribution is 2.28. The van der Waals surface area contributed by atoms with Gasteiger partial charge in [-0.2, -0.15) is 11.3 Å². The topological polar surface area (TPSA) is 108 Å². The number of hydrogen-bond acceptors (Lipinski definition) is 6. The van der Waals surface area contributed by atoms with E-state index in [4.69, 9.17) is 4.74 Å². The number of carbonyl (C=O) groups excluding carboxylic acids is 3. The van der Waals surface area contributed by atoms with Crippen molar-refractivity contribution in [1.29, 1.82) is 0 Å². The summed E-state index contributed by atoms with van der Waals surface area (Å²) in [6.07, 6.45) is -0.444. The molecule has 0 spiro atoms. The summed E-state index contributed by atoms with van der Waals surface area (Å²) >= 11 is 1.43. The molecule has 1 atom stereocenters. The summed E-state index contributed by atoms with van der Waals surface area (Å²) in [5.41, 5.74) is 2.41. The second-order valence-electron chi connectivity index (χ2n) is 5.94. The molecule has 8 nitrogen and oxygen atoms in total. The third-order valence-electron chi connectivity index (χ3n) is 4.24. The van der Waals surface area contributed by atoms with Gasteiger partial charge in [-0.15, -0.1) is 0 Å². The van der Waals surface area contributed by atoms with E-state index in [-0.39, 0.29) is 6.61 Å². The number of ether oxygens (including phenoxy) is 1. The van der Waals surface area contributed by atoms with E-state index in [1.54, 1.807) is 36.6 Å². The van der Waals surface area contributed by atoms with Gasteiger partial charge in [0.05, 0.1) is 24.9 Å². The Bertz CT molecular complexity index is 853. The Balaban J connectivity index is 1.70. The van der Waals surface area contributed by atoms with Crippen LogP contribution in [-0.2, 0) is 14.3 Å². The first kappa shape index (κ1) is 18.9. The van der Waals surface area contributed by atoms with Gasteiger partial charge in [0.15, 0.2) is 0 Å². The van der Waals surface area contributed by atoms with Crippen molar-refractivity contribution in [3.8, 4) is 0 Å². The number of cyclic esters (lactones) is 1. The van der Waals surface area contributed by atoms with Gasteiger partial charge in [-0.3, -0.25) is 14.5 Å². The van der Waals surface area contributed by atoms with Crippen molar-refractivity contribution in [2.75, 3.05) is 30.0 Å². The molecule has 27 heavy (non-hydrogen) atoms. The number of aliphatic hydroxyl groups is 1. The molecule has 1 fully saturated rings. The second kappa shape index (κ2) is 8.19. The summed E-state index contributed by atoms with van der Waals surface area (Å²) in [6.45, 7) is 2.16. The lowest BCUT2D eigenvalue weighted by molar-refractivity contribution is -0.136. The number of rotatable bonds is 5. The van der Waals surface area contributed by atoms with Crippen LogP contribution in [-0.4, -0.2) is 42.8 Å². The number of aliphatic hydroxyl groups excluding tert-OH is 1. The van der Waals surface area contributed by atoms with Crippen molar-refractivity contribution < 1.29 is 24.2 Å². The van der Waals surface area contributed by atoms with Crippen LogP contribution in [0, 0.1) is 6.92 Å². The molecule has 1 aromatic heterocycles. The summed E-state index contributed by atoms with van der Waals surface area (Å²) < 4.78 is 4.94. The highest BCUT2D eigenvalue weighted by molar-refractivity contribution is 7.08. The highest BCUT2D eigenvalue weighted by atomic mass is 32.1. The van der Waals surface area contributed by atoms with Gasteiger partial charge >= 0.3 is 17.9 Å². The number of thiophene rings is 1. The lowest BCUT2D eigenvalue weighted by Gasteiger charge is -2.19. The van der Waals surface area contributed by atoms with Gasteiger partial charge in [-0.1, -0.05) is 6.07 Å². The van der Waals surface area contributed by atoms with Crippen LogP contribution in [0.2, 0.25) is 0 Å². The number of benzene rings is 1. The van der Waals surface area contributed by atoms with Crippen LogP contribution in [0.4, 0.5) is 16.2 Å². The maximum absolute atomic E-state index is 12.3. The third-order valence-corrected chi connectivity index (χ3v) is 4.95. The molecule has 1 unspecified atom stereocenters. The standard InChI is InChI=1S/C18H19N3O5S/c1-11-13(3-2-4-15(11)21-6-7-26-18(21)25)19-16(23)17(24)20-14(9-22)12-5-8-27-10-12/h2-5,8,10,14,22H,6-7,9H2,1H3,(H,19,23)(H,20,24). The van der Waals surface area contributed by atoms with Gasteiger partial charge in [0.1, 0.15) is 6.61 Å². The summed E-state index contributed by atoms with van der Waals surface area (Å²) in [5.74, 6) is -1.71. The minimum Gasteiger partial charge on any atom is -0.447 e. The molecule has 3 amide bonds. The largest absolute Gasteiger partial charge is 0.447 e. The smallest absolute Gasteiger partial charge is 0.414 e. The molecule has 142 valence electrons. The van der Waals surface area contributed by atoms with E-state index >= 15 is 0 Å². The molecular formula is C18H19N3O5S. The summed E-state index contributed by atoms with van der Waals surface area (Å²) in [7, 11) is 0. The molecule has 0 bridgehead atoms. The van der Waals surface area contributed by atoms with Crippen molar-refractivity contribution in [2.24, 2.45) is 0 Å². The predicted octanol–water partition coefficient (Wildman–Crippen LogP) is 1.80. The van der Waals surface area contributed by atoms with Gasteiger partial charge < -0.3 is 20.5 Å². The summed E-state index contributed by atoms with van der Waals surface area (Å²) in [5, 5.41) is 18.1. The number of nitrogens with zero attached hydrogens (tertiary/aromatic N) is 1. The predicted molar refractivity (Wildman–Crippen MR) is 101 cm³/mol. The molecule has 9 heteroatoms. The number of amides is 3. The first-order valence-electron chi connectivity index (χ1n) is 8.30. The maximum atomic E-state index is 12.3. The lowest BCUT2D eigenvalue weighted by Crippen LogP contribution is -2.39. The van der Waals surface area contributed by atoms with Gasteiger partial charge in [-0.25, -0.2) is 4.79 Å². The van der Waals surface area contributed by atoms with E-state index in [2.05, 4.69) is 10.6 Å². The fourth-order valence-electron chi connectivity index (χ4n) is 2.77. The van der Waals surface area contributed by atoms with Crippen LogP contribution in [0.3, 0.4) is 0 Å². The number of anilines is 2. The molecule has 1 saturated heterocycles. The van der Waals surface area contributed by atoms with E-state index in [9.17, 15) is 19.5 Å². The van der Waals surface area contributed by atoms with E-state index in [0.29, 0.717) is 30.1 Å². The van der Waals surface area contributed by atoms with Gasteiger partial charge in [0.2, 0.25) is 0 Å². The van der Waals surface area contributed by atoms with Crippen LogP contribution < -0.4 is 15.5 Å². The van der Waals surface area contributed by atoms with Gasteiger partial charge in [-0.05, 0) is 47.0 Å². The monoisotopic (exact) mass is 389 g/mol. The van der Waals surface area contributed by atoms with Crippen LogP contribution >= 0.6 is 11.3 Å². The van der Waals surface area contributed by atoms with Crippen LogP contribution in [0.1, 0.15) is 17.2 Å². The molecule has 3 N–H and O–H groups in total. The molecule has 3 rings (SSSR count). The van der Waals surface area contributed by atoms with Gasteiger partial charge in [0.25, 0.3) is 0 Å². The van der Waals surface area contributed by atoms with Crippen molar-refractivity contribution >= 4 is 40.6 Å². The second-order valence-corrected chi connectivity index (χ2v) is 6.72. The number of carbonyl (C=O) groups is 3. The summed E-state index contributed by atoms with van der Waals surface area (Å²) in [4.78, 5) is 37.7. The Morgan fingerprint density at radius 1 is 1.33 bits per heavy atom. The van der Waals surface area contributed by atoms with Crippen molar-refractivity contribution in [3.05, 3.63) is 46.2 Å². The zero-order chi connectivity index (χ0) is 19.4. The minimum atomic E-state index is -0.856. The Kier molecular flexibility index (Phi) is 5.72. The van der Waals surface area contributed by atoms with E-state index < -0.39 is 23.9 Å². The fraction of sp³-hybridized carbons (Fsp3) is 0.278.